The maximum Gasteiger partial charge on any atom is 0.0359 e. The smallest absolute Gasteiger partial charge is 0.0359 e. The molecule has 1 aromatic carbocycles. The summed E-state index contributed by atoms with van der Waals surface area (Å²) in [4.78, 5) is 4.85. The predicted molar refractivity (Wildman–Crippen MR) is 77.6 cm³/mol. The molecule has 2 rings (SSSR count). The molecule has 0 spiro atoms. The number of hydrogen-bond donors (Lipinski definition) is 1. The van der Waals surface area contributed by atoms with Crippen LogP contribution in [0.1, 0.15) is 24.0 Å². The Bertz CT molecular complexity index is 403. The minimum Gasteiger partial charge on any atom is -0.398 e. The van der Waals surface area contributed by atoms with Crippen molar-refractivity contribution in [3.63, 3.8) is 0 Å². The first kappa shape index (κ1) is 13.4. The number of benzene rings is 1. The van der Waals surface area contributed by atoms with Crippen LogP contribution >= 0.6 is 0 Å². The zero-order valence-electron chi connectivity index (χ0n) is 11.8. The SMILES string of the molecule is Cc1ccc(N)c(CN(C)CC2CCCN2C)c1. The van der Waals surface area contributed by atoms with Crippen LogP contribution in [0, 0.1) is 6.92 Å². The predicted octanol–water partition coefficient (Wildman–Crippen LogP) is 2.10. The molecule has 0 amide bonds. The summed E-state index contributed by atoms with van der Waals surface area (Å²) in [6, 6.07) is 6.99. The van der Waals surface area contributed by atoms with Crippen molar-refractivity contribution in [1.29, 1.82) is 0 Å². The highest BCUT2D eigenvalue weighted by atomic mass is 15.2. The number of hydrogen-bond acceptors (Lipinski definition) is 3. The molecule has 100 valence electrons. The molecule has 0 saturated carbocycles. The van der Waals surface area contributed by atoms with Crippen LogP contribution < -0.4 is 5.73 Å². The molecule has 1 unspecified atom stereocenters. The zero-order chi connectivity index (χ0) is 13.1. The lowest BCUT2D eigenvalue weighted by Crippen LogP contribution is -2.36. The third-order valence-electron chi connectivity index (χ3n) is 3.93. The Hall–Kier alpha value is -1.06. The fourth-order valence-corrected chi connectivity index (χ4v) is 2.80. The summed E-state index contributed by atoms with van der Waals surface area (Å²) in [5.41, 5.74) is 9.48. The van der Waals surface area contributed by atoms with E-state index in [1.54, 1.807) is 0 Å². The van der Waals surface area contributed by atoms with Gasteiger partial charge in [0, 0.05) is 24.8 Å². The van der Waals surface area contributed by atoms with Crippen LogP contribution in [0.3, 0.4) is 0 Å². The van der Waals surface area contributed by atoms with Crippen molar-refractivity contribution in [2.24, 2.45) is 0 Å². The van der Waals surface area contributed by atoms with E-state index in [-0.39, 0.29) is 0 Å². The van der Waals surface area contributed by atoms with Gasteiger partial charge in [0.25, 0.3) is 0 Å². The van der Waals surface area contributed by atoms with Gasteiger partial charge < -0.3 is 15.5 Å². The Labute approximate surface area is 111 Å². The van der Waals surface area contributed by atoms with Gasteiger partial charge in [-0.15, -0.1) is 0 Å². The van der Waals surface area contributed by atoms with Crippen molar-refractivity contribution in [3.8, 4) is 0 Å². The highest BCUT2D eigenvalue weighted by molar-refractivity contribution is 5.48. The largest absolute Gasteiger partial charge is 0.398 e. The second-order valence-electron chi connectivity index (χ2n) is 5.68. The average Bonchev–Trinajstić information content (AvgIpc) is 2.70. The molecule has 0 aromatic heterocycles. The van der Waals surface area contributed by atoms with E-state index in [2.05, 4.69) is 43.0 Å². The van der Waals surface area contributed by atoms with Gasteiger partial charge in [0.15, 0.2) is 0 Å². The van der Waals surface area contributed by atoms with Crippen LogP contribution in [0.5, 0.6) is 0 Å². The molecule has 1 aliphatic heterocycles. The summed E-state index contributed by atoms with van der Waals surface area (Å²) in [7, 11) is 4.42. The molecular weight excluding hydrogens is 222 g/mol. The average molecular weight is 247 g/mol. The first-order valence-corrected chi connectivity index (χ1v) is 6.80. The van der Waals surface area contributed by atoms with Crippen LogP contribution in [-0.2, 0) is 6.54 Å². The van der Waals surface area contributed by atoms with Gasteiger partial charge in [0.05, 0.1) is 0 Å². The normalized spacial score (nSPS) is 20.8. The molecule has 1 heterocycles. The van der Waals surface area contributed by atoms with Crippen LogP contribution in [0.4, 0.5) is 5.69 Å². The van der Waals surface area contributed by atoms with E-state index in [4.69, 9.17) is 5.73 Å². The van der Waals surface area contributed by atoms with Crippen molar-refractivity contribution in [2.45, 2.75) is 32.4 Å². The molecule has 1 aromatic rings. The summed E-state index contributed by atoms with van der Waals surface area (Å²) in [6.07, 6.45) is 2.66. The van der Waals surface area contributed by atoms with Crippen molar-refractivity contribution in [2.75, 3.05) is 32.9 Å². The number of aryl methyl sites for hydroxylation is 1. The van der Waals surface area contributed by atoms with Gasteiger partial charge in [-0.25, -0.2) is 0 Å². The first-order chi connectivity index (χ1) is 8.56. The summed E-state index contributed by atoms with van der Waals surface area (Å²) in [5, 5.41) is 0. The summed E-state index contributed by atoms with van der Waals surface area (Å²) in [6.45, 7) is 5.43. The molecule has 0 radical (unpaired) electrons. The first-order valence-electron chi connectivity index (χ1n) is 6.80. The number of nitrogen functional groups attached to an aromatic ring is 1. The van der Waals surface area contributed by atoms with Gasteiger partial charge in [0.1, 0.15) is 0 Å². The maximum atomic E-state index is 6.04. The van der Waals surface area contributed by atoms with Crippen molar-refractivity contribution in [1.82, 2.24) is 9.80 Å². The Morgan fingerprint density at radius 3 is 2.89 bits per heavy atom. The van der Waals surface area contributed by atoms with E-state index in [0.717, 1.165) is 18.8 Å². The highest BCUT2D eigenvalue weighted by Crippen LogP contribution is 2.19. The molecular formula is C15H25N3. The molecule has 1 atom stereocenters. The Morgan fingerprint density at radius 1 is 1.44 bits per heavy atom. The number of nitrogens with two attached hydrogens (primary N) is 1. The standard InChI is InChI=1S/C15H25N3/c1-12-6-7-15(16)13(9-12)10-17(2)11-14-5-4-8-18(14)3/h6-7,9,14H,4-5,8,10-11,16H2,1-3H3. The summed E-state index contributed by atoms with van der Waals surface area (Å²) in [5.74, 6) is 0. The second-order valence-corrected chi connectivity index (χ2v) is 5.68. The molecule has 3 nitrogen and oxygen atoms in total. The fourth-order valence-electron chi connectivity index (χ4n) is 2.80. The minimum atomic E-state index is 0.709. The van der Waals surface area contributed by atoms with Crippen molar-refractivity contribution >= 4 is 5.69 Å². The molecule has 1 aliphatic rings. The molecule has 18 heavy (non-hydrogen) atoms. The quantitative estimate of drug-likeness (QED) is 0.827. The van der Waals surface area contributed by atoms with Crippen LogP contribution in [0.25, 0.3) is 0 Å². The molecule has 0 aliphatic carbocycles. The van der Waals surface area contributed by atoms with Gasteiger partial charge in [-0.2, -0.15) is 0 Å². The lowest BCUT2D eigenvalue weighted by Gasteiger charge is -2.26. The number of rotatable bonds is 4. The Balaban J connectivity index is 1.94. The minimum absolute atomic E-state index is 0.709. The molecule has 2 N–H and O–H groups in total. The van der Waals surface area contributed by atoms with E-state index in [1.807, 2.05) is 6.07 Å². The topological polar surface area (TPSA) is 32.5 Å². The Kier molecular flexibility index (Phi) is 4.25. The van der Waals surface area contributed by atoms with Crippen LogP contribution in [0.2, 0.25) is 0 Å². The third kappa shape index (κ3) is 3.24. The number of likely N-dealkylation sites (tertiary alicyclic amines) is 1. The Morgan fingerprint density at radius 2 is 2.22 bits per heavy atom. The van der Waals surface area contributed by atoms with E-state index >= 15 is 0 Å². The molecule has 1 fully saturated rings. The molecule has 3 heteroatoms. The fraction of sp³-hybridized carbons (Fsp3) is 0.600. The highest BCUT2D eigenvalue weighted by Gasteiger charge is 2.22. The van der Waals surface area contributed by atoms with E-state index < -0.39 is 0 Å². The van der Waals surface area contributed by atoms with Crippen molar-refractivity contribution < 1.29 is 0 Å². The van der Waals surface area contributed by atoms with Gasteiger partial charge in [-0.05, 0) is 52.0 Å². The maximum absolute atomic E-state index is 6.04. The summed E-state index contributed by atoms with van der Waals surface area (Å²) >= 11 is 0. The van der Waals surface area contributed by atoms with E-state index in [0.29, 0.717) is 6.04 Å². The lowest BCUT2D eigenvalue weighted by molar-refractivity contribution is 0.215. The summed E-state index contributed by atoms with van der Waals surface area (Å²) < 4.78 is 0. The van der Waals surface area contributed by atoms with Crippen molar-refractivity contribution in [3.05, 3.63) is 29.3 Å². The van der Waals surface area contributed by atoms with Gasteiger partial charge >= 0.3 is 0 Å². The number of anilines is 1. The number of nitrogens with zero attached hydrogens (tertiary/aromatic N) is 2. The van der Waals surface area contributed by atoms with Gasteiger partial charge in [0.2, 0.25) is 0 Å². The van der Waals surface area contributed by atoms with Crippen LogP contribution in [0.15, 0.2) is 18.2 Å². The van der Waals surface area contributed by atoms with Gasteiger partial charge in [-0.3, -0.25) is 0 Å². The van der Waals surface area contributed by atoms with Crippen LogP contribution in [-0.4, -0.2) is 43.0 Å². The van der Waals surface area contributed by atoms with E-state index in [9.17, 15) is 0 Å². The zero-order valence-corrected chi connectivity index (χ0v) is 11.8. The lowest BCUT2D eigenvalue weighted by atomic mass is 10.1. The third-order valence-corrected chi connectivity index (χ3v) is 3.93. The van der Waals surface area contributed by atoms with E-state index in [1.165, 1.54) is 30.5 Å². The molecule has 1 saturated heterocycles. The molecule has 0 bridgehead atoms. The van der Waals surface area contributed by atoms with Gasteiger partial charge in [-0.1, -0.05) is 17.7 Å². The second kappa shape index (κ2) is 5.72. The number of likely N-dealkylation sites (N-methyl/N-ethyl adjacent to an activating group) is 2. The monoisotopic (exact) mass is 247 g/mol.